The number of amides is 1. The van der Waals surface area contributed by atoms with Gasteiger partial charge in [0.05, 0.1) is 11.3 Å². The third-order valence-corrected chi connectivity index (χ3v) is 2.99. The molecule has 0 atom stereocenters. The first kappa shape index (κ1) is 15.0. The molecule has 0 aliphatic carbocycles. The fraction of sp³-hybridized carbons (Fsp3) is 0.375. The van der Waals surface area contributed by atoms with Gasteiger partial charge in [-0.2, -0.15) is 5.26 Å². The van der Waals surface area contributed by atoms with Gasteiger partial charge in [0.1, 0.15) is 6.07 Å². The van der Waals surface area contributed by atoms with Crippen molar-refractivity contribution in [3.05, 3.63) is 41.5 Å². The topological polar surface area (TPSA) is 44.1 Å². The third kappa shape index (κ3) is 3.45. The van der Waals surface area contributed by atoms with Gasteiger partial charge in [-0.3, -0.25) is 4.79 Å². The molecule has 0 radical (unpaired) electrons. The number of carbonyl (C=O) groups excluding carboxylic acids is 1. The van der Waals surface area contributed by atoms with E-state index in [-0.39, 0.29) is 5.91 Å². The second-order valence-corrected chi connectivity index (χ2v) is 4.55. The van der Waals surface area contributed by atoms with Gasteiger partial charge in [-0.25, -0.2) is 0 Å². The van der Waals surface area contributed by atoms with Crippen molar-refractivity contribution in [3.8, 4) is 6.07 Å². The zero-order valence-corrected chi connectivity index (χ0v) is 11.9. The van der Waals surface area contributed by atoms with Gasteiger partial charge in [-0.15, -0.1) is 0 Å². The molecular formula is C16H20N2O. The van der Waals surface area contributed by atoms with Crippen molar-refractivity contribution in [2.75, 3.05) is 11.4 Å². The molecule has 1 amide bonds. The van der Waals surface area contributed by atoms with Crippen LogP contribution in [-0.4, -0.2) is 12.5 Å². The molecule has 3 nitrogen and oxygen atoms in total. The van der Waals surface area contributed by atoms with Crippen LogP contribution < -0.4 is 4.90 Å². The van der Waals surface area contributed by atoms with Crippen molar-refractivity contribution in [1.82, 2.24) is 0 Å². The van der Waals surface area contributed by atoms with Crippen molar-refractivity contribution in [3.63, 3.8) is 0 Å². The molecule has 0 unspecified atom stereocenters. The monoisotopic (exact) mass is 256 g/mol. The lowest BCUT2D eigenvalue weighted by atomic mass is 10.1. The maximum Gasteiger partial charge on any atom is 0.253 e. The van der Waals surface area contributed by atoms with Crippen molar-refractivity contribution in [2.45, 2.75) is 33.6 Å². The maximum atomic E-state index is 12.4. The summed E-state index contributed by atoms with van der Waals surface area (Å²) in [5.74, 6) is -0.0913. The number of hydrogen-bond acceptors (Lipinski definition) is 2. The van der Waals surface area contributed by atoms with Crippen LogP contribution in [0.1, 0.15) is 37.8 Å². The summed E-state index contributed by atoms with van der Waals surface area (Å²) in [5.41, 5.74) is 2.81. The number of nitrogens with zero attached hydrogens (tertiary/aromatic N) is 2. The van der Waals surface area contributed by atoms with Gasteiger partial charge in [0.15, 0.2) is 0 Å². The fourth-order valence-electron chi connectivity index (χ4n) is 1.86. The standard InChI is InChI=1S/C16H20N2O/c1-5-9-18(16(19)13(4)6-2)15-10-12(3)7-8-14(15)11-17/h7-8,10H,4-6,9H2,1-3H3. The van der Waals surface area contributed by atoms with E-state index in [0.29, 0.717) is 29.8 Å². The van der Waals surface area contributed by atoms with E-state index in [4.69, 9.17) is 0 Å². The number of anilines is 1. The highest BCUT2D eigenvalue weighted by molar-refractivity contribution is 6.05. The number of nitriles is 1. The van der Waals surface area contributed by atoms with Crippen LogP contribution in [0.2, 0.25) is 0 Å². The summed E-state index contributed by atoms with van der Waals surface area (Å²) in [7, 11) is 0. The summed E-state index contributed by atoms with van der Waals surface area (Å²) in [4.78, 5) is 14.0. The van der Waals surface area contributed by atoms with Crippen LogP contribution >= 0.6 is 0 Å². The molecule has 1 aromatic carbocycles. The Morgan fingerprint density at radius 1 is 1.42 bits per heavy atom. The highest BCUT2D eigenvalue weighted by atomic mass is 16.2. The molecule has 3 heteroatoms. The van der Waals surface area contributed by atoms with E-state index in [2.05, 4.69) is 12.6 Å². The van der Waals surface area contributed by atoms with Gasteiger partial charge >= 0.3 is 0 Å². The second kappa shape index (κ2) is 6.75. The quantitative estimate of drug-likeness (QED) is 0.756. The van der Waals surface area contributed by atoms with E-state index in [0.717, 1.165) is 12.0 Å². The summed E-state index contributed by atoms with van der Waals surface area (Å²) in [6.45, 7) is 10.3. The molecule has 0 heterocycles. The molecule has 100 valence electrons. The molecule has 0 spiro atoms. The average Bonchev–Trinajstić information content (AvgIpc) is 2.43. The van der Waals surface area contributed by atoms with Crippen LogP contribution in [0, 0.1) is 18.3 Å². The molecular weight excluding hydrogens is 236 g/mol. The third-order valence-electron chi connectivity index (χ3n) is 2.99. The first-order valence-corrected chi connectivity index (χ1v) is 6.55. The maximum absolute atomic E-state index is 12.4. The Hall–Kier alpha value is -2.08. The van der Waals surface area contributed by atoms with E-state index < -0.39 is 0 Å². The van der Waals surface area contributed by atoms with Gasteiger partial charge in [0, 0.05) is 12.1 Å². The predicted octanol–water partition coefficient (Wildman–Crippen LogP) is 3.58. The Morgan fingerprint density at radius 3 is 2.63 bits per heavy atom. The molecule has 0 bridgehead atoms. The zero-order valence-electron chi connectivity index (χ0n) is 11.9. The fourth-order valence-corrected chi connectivity index (χ4v) is 1.86. The minimum absolute atomic E-state index is 0.0913. The van der Waals surface area contributed by atoms with Crippen LogP contribution in [0.25, 0.3) is 0 Å². The summed E-state index contributed by atoms with van der Waals surface area (Å²) in [5, 5.41) is 9.19. The Labute approximate surface area is 115 Å². The first-order chi connectivity index (χ1) is 9.04. The van der Waals surface area contributed by atoms with Gasteiger partial charge in [0.25, 0.3) is 5.91 Å². The molecule has 1 rings (SSSR count). The van der Waals surface area contributed by atoms with E-state index in [9.17, 15) is 10.1 Å². The molecule has 0 aromatic heterocycles. The summed E-state index contributed by atoms with van der Waals surface area (Å²) >= 11 is 0. The lowest BCUT2D eigenvalue weighted by molar-refractivity contribution is -0.115. The molecule has 0 fully saturated rings. The number of benzene rings is 1. The van der Waals surface area contributed by atoms with Crippen molar-refractivity contribution < 1.29 is 4.79 Å². The van der Waals surface area contributed by atoms with Gasteiger partial charge in [0.2, 0.25) is 0 Å². The Bertz CT molecular complexity index is 526. The smallest absolute Gasteiger partial charge is 0.253 e. The molecule has 19 heavy (non-hydrogen) atoms. The Kier molecular flexibility index (Phi) is 5.32. The number of carbonyl (C=O) groups is 1. The Morgan fingerprint density at radius 2 is 2.11 bits per heavy atom. The highest BCUT2D eigenvalue weighted by Gasteiger charge is 2.19. The molecule has 0 N–H and O–H groups in total. The van der Waals surface area contributed by atoms with Crippen LogP contribution in [0.4, 0.5) is 5.69 Å². The molecule has 0 aliphatic heterocycles. The van der Waals surface area contributed by atoms with E-state index in [1.54, 1.807) is 11.0 Å². The number of rotatable bonds is 5. The largest absolute Gasteiger partial charge is 0.307 e. The first-order valence-electron chi connectivity index (χ1n) is 6.55. The molecule has 0 aliphatic rings. The van der Waals surface area contributed by atoms with Crippen LogP contribution in [-0.2, 0) is 4.79 Å². The zero-order chi connectivity index (χ0) is 14.4. The molecule has 0 saturated heterocycles. The normalized spacial score (nSPS) is 9.79. The lowest BCUT2D eigenvalue weighted by Crippen LogP contribution is -2.33. The average molecular weight is 256 g/mol. The SMILES string of the molecule is C=C(CC)C(=O)N(CCC)c1cc(C)ccc1C#N. The van der Waals surface area contributed by atoms with E-state index >= 15 is 0 Å². The second-order valence-electron chi connectivity index (χ2n) is 4.55. The van der Waals surface area contributed by atoms with Crippen molar-refractivity contribution in [1.29, 1.82) is 5.26 Å². The predicted molar refractivity (Wildman–Crippen MR) is 78.0 cm³/mol. The van der Waals surface area contributed by atoms with Gasteiger partial charge in [-0.05, 0) is 37.5 Å². The number of aryl methyl sites for hydroxylation is 1. The number of hydrogen-bond donors (Lipinski definition) is 0. The van der Waals surface area contributed by atoms with Crippen LogP contribution in [0.3, 0.4) is 0 Å². The summed E-state index contributed by atoms with van der Waals surface area (Å²) in [6.07, 6.45) is 1.45. The van der Waals surface area contributed by atoms with Gasteiger partial charge < -0.3 is 4.90 Å². The molecule has 0 saturated carbocycles. The van der Waals surface area contributed by atoms with Gasteiger partial charge in [-0.1, -0.05) is 26.5 Å². The van der Waals surface area contributed by atoms with E-state index in [1.807, 2.05) is 32.9 Å². The van der Waals surface area contributed by atoms with Crippen molar-refractivity contribution in [2.24, 2.45) is 0 Å². The lowest BCUT2D eigenvalue weighted by Gasteiger charge is -2.24. The van der Waals surface area contributed by atoms with Crippen LogP contribution in [0.5, 0.6) is 0 Å². The highest BCUT2D eigenvalue weighted by Crippen LogP contribution is 2.24. The minimum atomic E-state index is -0.0913. The summed E-state index contributed by atoms with van der Waals surface area (Å²) < 4.78 is 0. The van der Waals surface area contributed by atoms with Crippen molar-refractivity contribution >= 4 is 11.6 Å². The minimum Gasteiger partial charge on any atom is -0.307 e. The van der Waals surface area contributed by atoms with Crippen LogP contribution in [0.15, 0.2) is 30.4 Å². The molecule has 1 aromatic rings. The summed E-state index contributed by atoms with van der Waals surface area (Å²) in [6, 6.07) is 7.67. The van der Waals surface area contributed by atoms with E-state index in [1.165, 1.54) is 0 Å². The Balaban J connectivity index is 3.26.